The fraction of sp³-hybridized carbons (Fsp3) is 0.833. The first-order valence-electron chi connectivity index (χ1n) is 5.45. The summed E-state index contributed by atoms with van der Waals surface area (Å²) in [6.07, 6.45) is 13.1. The largest absolute Gasteiger partial charge is 0.306 e. The number of hydrogen-bond donors (Lipinski definition) is 0. The minimum atomic E-state index is 0.926. The molecule has 0 amide bonds. The number of hydrogen-bond acceptors (Lipinski definition) is 1. The van der Waals surface area contributed by atoms with Gasteiger partial charge >= 0.3 is 0 Å². The molecule has 13 heavy (non-hydrogen) atoms. The topological polar surface area (TPSA) is 3.24 Å². The molecule has 0 aliphatic heterocycles. The monoisotopic (exact) mass is 179 g/mol. The van der Waals surface area contributed by atoms with E-state index in [9.17, 15) is 0 Å². The van der Waals surface area contributed by atoms with E-state index in [4.69, 9.17) is 6.42 Å². The highest BCUT2D eigenvalue weighted by Gasteiger charge is 2.16. The summed E-state index contributed by atoms with van der Waals surface area (Å²) in [5, 5.41) is 0. The van der Waals surface area contributed by atoms with Crippen molar-refractivity contribution in [1.29, 1.82) is 0 Å². The summed E-state index contributed by atoms with van der Waals surface area (Å²) in [5.41, 5.74) is 0. The van der Waals surface area contributed by atoms with Crippen molar-refractivity contribution in [2.75, 3.05) is 20.1 Å². The molecule has 1 aliphatic carbocycles. The summed E-state index contributed by atoms with van der Waals surface area (Å²) in [6.45, 7) is 2.45. The zero-order valence-corrected chi connectivity index (χ0v) is 8.76. The number of terminal acetylenes is 1. The van der Waals surface area contributed by atoms with Gasteiger partial charge in [0.2, 0.25) is 0 Å². The molecule has 0 atom stereocenters. The Kier molecular flexibility index (Phi) is 4.93. The van der Waals surface area contributed by atoms with Gasteiger partial charge < -0.3 is 4.90 Å². The first kappa shape index (κ1) is 10.6. The van der Waals surface area contributed by atoms with Crippen LogP contribution in [0.25, 0.3) is 0 Å². The minimum Gasteiger partial charge on any atom is -0.306 e. The maximum Gasteiger partial charge on any atom is 0.00982 e. The number of unbranched alkanes of at least 4 members (excludes halogenated alkanes) is 1. The number of nitrogens with zero attached hydrogens (tertiary/aromatic N) is 1. The summed E-state index contributed by atoms with van der Waals surface area (Å²) in [6, 6.07) is 0. The molecule has 0 saturated heterocycles. The van der Waals surface area contributed by atoms with Gasteiger partial charge in [-0.05, 0) is 38.8 Å². The average Bonchev–Trinajstić information content (AvgIpc) is 2.57. The summed E-state index contributed by atoms with van der Waals surface area (Å²) < 4.78 is 0. The highest BCUT2D eigenvalue weighted by atomic mass is 15.1. The van der Waals surface area contributed by atoms with E-state index in [0.717, 1.165) is 18.8 Å². The van der Waals surface area contributed by atoms with Crippen LogP contribution in [-0.2, 0) is 0 Å². The van der Waals surface area contributed by atoms with Crippen LogP contribution in [0.3, 0.4) is 0 Å². The van der Waals surface area contributed by atoms with E-state index < -0.39 is 0 Å². The van der Waals surface area contributed by atoms with Gasteiger partial charge in [-0.3, -0.25) is 0 Å². The van der Waals surface area contributed by atoms with Crippen molar-refractivity contribution < 1.29 is 0 Å². The molecule has 1 rings (SSSR count). The third kappa shape index (κ3) is 4.33. The summed E-state index contributed by atoms with van der Waals surface area (Å²) in [7, 11) is 2.22. The van der Waals surface area contributed by atoms with E-state index in [2.05, 4.69) is 17.9 Å². The fourth-order valence-electron chi connectivity index (χ4n) is 2.18. The molecule has 0 unspecified atom stereocenters. The van der Waals surface area contributed by atoms with Gasteiger partial charge in [0, 0.05) is 13.0 Å². The highest BCUT2D eigenvalue weighted by Crippen LogP contribution is 2.25. The molecule has 0 N–H and O–H groups in total. The second-order valence-electron chi connectivity index (χ2n) is 4.22. The van der Waals surface area contributed by atoms with Crippen molar-refractivity contribution in [3.63, 3.8) is 0 Å². The van der Waals surface area contributed by atoms with Gasteiger partial charge in [-0.15, -0.1) is 12.3 Å². The molecule has 0 heterocycles. The Labute approximate surface area is 82.5 Å². The molecule has 0 spiro atoms. The quantitative estimate of drug-likeness (QED) is 0.463. The molecule has 1 heteroatoms. The molecule has 0 radical (unpaired) electrons. The first-order valence-corrected chi connectivity index (χ1v) is 5.45. The Balaban J connectivity index is 2.03. The van der Waals surface area contributed by atoms with Gasteiger partial charge in [-0.25, -0.2) is 0 Å². The highest BCUT2D eigenvalue weighted by molar-refractivity contribution is 4.83. The summed E-state index contributed by atoms with van der Waals surface area (Å²) >= 11 is 0. The van der Waals surface area contributed by atoms with Crippen molar-refractivity contribution in [3.8, 4) is 12.3 Å². The van der Waals surface area contributed by atoms with Crippen molar-refractivity contribution >= 4 is 0 Å². The first-order chi connectivity index (χ1) is 6.33. The van der Waals surface area contributed by atoms with Crippen LogP contribution >= 0.6 is 0 Å². The van der Waals surface area contributed by atoms with Crippen LogP contribution in [0.2, 0.25) is 0 Å². The molecule has 74 valence electrons. The zero-order valence-electron chi connectivity index (χ0n) is 8.76. The molecular formula is C12H21N. The van der Waals surface area contributed by atoms with Crippen LogP contribution in [0, 0.1) is 18.3 Å². The van der Waals surface area contributed by atoms with Crippen molar-refractivity contribution in [1.82, 2.24) is 4.90 Å². The third-order valence-corrected chi connectivity index (χ3v) is 2.91. The van der Waals surface area contributed by atoms with E-state index in [0.29, 0.717) is 0 Å². The minimum absolute atomic E-state index is 0.926. The van der Waals surface area contributed by atoms with Crippen LogP contribution < -0.4 is 0 Å². The molecule has 0 aromatic heterocycles. The van der Waals surface area contributed by atoms with Gasteiger partial charge in [-0.2, -0.15) is 0 Å². The Hall–Kier alpha value is -0.480. The fourth-order valence-corrected chi connectivity index (χ4v) is 2.18. The lowest BCUT2D eigenvalue weighted by atomic mass is 10.1. The van der Waals surface area contributed by atoms with E-state index >= 15 is 0 Å². The smallest absolute Gasteiger partial charge is 0.00982 e. The van der Waals surface area contributed by atoms with Gasteiger partial charge in [0.1, 0.15) is 0 Å². The molecule has 0 aromatic carbocycles. The molecule has 0 aromatic rings. The lowest BCUT2D eigenvalue weighted by Gasteiger charge is -2.19. The Morgan fingerprint density at radius 2 is 2.08 bits per heavy atom. The van der Waals surface area contributed by atoms with Crippen LogP contribution in [0.5, 0.6) is 0 Å². The molecule has 1 saturated carbocycles. The SMILES string of the molecule is C#CCCCN(C)CC1CCCC1. The van der Waals surface area contributed by atoms with Crippen LogP contribution in [0.15, 0.2) is 0 Å². The Morgan fingerprint density at radius 1 is 1.38 bits per heavy atom. The summed E-state index contributed by atoms with van der Waals surface area (Å²) in [5.74, 6) is 3.66. The van der Waals surface area contributed by atoms with Crippen LogP contribution in [-0.4, -0.2) is 25.0 Å². The maximum atomic E-state index is 5.21. The van der Waals surface area contributed by atoms with Crippen molar-refractivity contribution in [3.05, 3.63) is 0 Å². The standard InChI is InChI=1S/C12H21N/c1-3-4-7-10-13(2)11-12-8-5-6-9-12/h1,12H,4-11H2,2H3. The normalized spacial score (nSPS) is 17.9. The molecule has 1 nitrogen and oxygen atoms in total. The van der Waals surface area contributed by atoms with E-state index in [1.54, 1.807) is 0 Å². The predicted octanol–water partition coefficient (Wildman–Crippen LogP) is 2.52. The number of rotatable bonds is 5. The van der Waals surface area contributed by atoms with Crippen molar-refractivity contribution in [2.45, 2.75) is 38.5 Å². The molecule has 1 aliphatic rings. The van der Waals surface area contributed by atoms with Crippen LogP contribution in [0.1, 0.15) is 38.5 Å². The van der Waals surface area contributed by atoms with Gasteiger partial charge in [-0.1, -0.05) is 12.8 Å². The second kappa shape index (κ2) is 6.05. The second-order valence-corrected chi connectivity index (χ2v) is 4.22. The van der Waals surface area contributed by atoms with E-state index in [1.807, 2.05) is 0 Å². The van der Waals surface area contributed by atoms with Gasteiger partial charge in [0.05, 0.1) is 0 Å². The molecule has 0 bridgehead atoms. The summed E-state index contributed by atoms with van der Waals surface area (Å²) in [4.78, 5) is 2.44. The van der Waals surface area contributed by atoms with Gasteiger partial charge in [0.15, 0.2) is 0 Å². The zero-order chi connectivity index (χ0) is 9.52. The van der Waals surface area contributed by atoms with Gasteiger partial charge in [0.25, 0.3) is 0 Å². The predicted molar refractivity (Wildman–Crippen MR) is 57.5 cm³/mol. The lowest BCUT2D eigenvalue weighted by molar-refractivity contribution is 0.276. The average molecular weight is 179 g/mol. The third-order valence-electron chi connectivity index (χ3n) is 2.91. The molecule has 1 fully saturated rings. The lowest BCUT2D eigenvalue weighted by Crippen LogP contribution is -2.25. The van der Waals surface area contributed by atoms with Crippen molar-refractivity contribution in [2.24, 2.45) is 5.92 Å². The Bertz CT molecular complexity index is 162. The Morgan fingerprint density at radius 3 is 2.69 bits per heavy atom. The van der Waals surface area contributed by atoms with E-state index in [1.165, 1.54) is 38.8 Å². The molecular weight excluding hydrogens is 158 g/mol. The van der Waals surface area contributed by atoms with E-state index in [-0.39, 0.29) is 0 Å². The maximum absolute atomic E-state index is 5.21. The van der Waals surface area contributed by atoms with Crippen LogP contribution in [0.4, 0.5) is 0 Å².